The van der Waals surface area contributed by atoms with E-state index in [1.54, 1.807) is 38.0 Å². The number of carboxylic acids is 2. The normalized spacial score (nSPS) is 11.3. The molecule has 0 amide bonds. The SMILES string of the molecule is COCCOc1cc(C(C)C)c2c(c1)cc(C(=O)O)n2C.COCCOc1cc(C(C)C)c2c(c1)cc(C(=O)O)n2Cc1cccc(C)n1. The molecule has 262 valence electrons. The van der Waals surface area contributed by atoms with Crippen molar-refractivity contribution in [3.05, 3.63) is 88.5 Å². The number of fused-ring (bicyclic) bond motifs is 2. The van der Waals surface area contributed by atoms with Gasteiger partial charge < -0.3 is 38.3 Å². The van der Waals surface area contributed by atoms with Crippen LogP contribution in [0, 0.1) is 6.92 Å². The van der Waals surface area contributed by atoms with Crippen molar-refractivity contribution in [1.82, 2.24) is 14.1 Å². The zero-order chi connectivity index (χ0) is 35.8. The van der Waals surface area contributed by atoms with Crippen LogP contribution in [0.4, 0.5) is 0 Å². The number of aromatic carboxylic acids is 2. The zero-order valence-corrected chi connectivity index (χ0v) is 29.6. The molecule has 5 rings (SSSR count). The van der Waals surface area contributed by atoms with Crippen molar-refractivity contribution in [1.29, 1.82) is 0 Å². The van der Waals surface area contributed by atoms with Crippen molar-refractivity contribution in [3.8, 4) is 11.5 Å². The second kappa shape index (κ2) is 16.5. The highest BCUT2D eigenvalue weighted by atomic mass is 16.5. The van der Waals surface area contributed by atoms with Gasteiger partial charge in [-0.2, -0.15) is 0 Å². The number of benzene rings is 2. The van der Waals surface area contributed by atoms with Crippen LogP contribution in [0.5, 0.6) is 11.5 Å². The molecule has 11 heteroatoms. The zero-order valence-electron chi connectivity index (χ0n) is 29.6. The summed E-state index contributed by atoms with van der Waals surface area (Å²) in [7, 11) is 5.04. The van der Waals surface area contributed by atoms with Crippen molar-refractivity contribution in [2.45, 2.75) is 53.0 Å². The van der Waals surface area contributed by atoms with Gasteiger partial charge in [0.1, 0.15) is 36.1 Å². The summed E-state index contributed by atoms with van der Waals surface area (Å²) in [5, 5.41) is 20.8. The number of carboxylic acid groups (broad SMARTS) is 2. The molecule has 0 aliphatic rings. The maximum atomic E-state index is 11.9. The Bertz CT molecular complexity index is 1920. The summed E-state index contributed by atoms with van der Waals surface area (Å²) < 4.78 is 25.1. The van der Waals surface area contributed by atoms with Crippen molar-refractivity contribution in [2.24, 2.45) is 7.05 Å². The van der Waals surface area contributed by atoms with Crippen LogP contribution in [0.2, 0.25) is 0 Å². The molecule has 0 fully saturated rings. The molecule has 0 saturated heterocycles. The summed E-state index contributed by atoms with van der Waals surface area (Å²) in [4.78, 5) is 27.8. The molecule has 0 unspecified atom stereocenters. The number of methoxy groups -OCH3 is 2. The predicted octanol–water partition coefficient (Wildman–Crippen LogP) is 7.26. The van der Waals surface area contributed by atoms with E-state index >= 15 is 0 Å². The molecule has 2 aromatic carbocycles. The first-order valence-corrected chi connectivity index (χ1v) is 16.3. The third-order valence-corrected chi connectivity index (χ3v) is 8.19. The van der Waals surface area contributed by atoms with Crippen LogP contribution in [0.15, 0.2) is 54.6 Å². The van der Waals surface area contributed by atoms with Gasteiger partial charge >= 0.3 is 11.9 Å². The Labute approximate surface area is 287 Å². The van der Waals surface area contributed by atoms with Crippen LogP contribution in [0.25, 0.3) is 21.8 Å². The van der Waals surface area contributed by atoms with E-state index in [0.29, 0.717) is 33.0 Å². The van der Waals surface area contributed by atoms with E-state index in [1.165, 1.54) is 0 Å². The van der Waals surface area contributed by atoms with Crippen LogP contribution in [0.1, 0.15) is 83.0 Å². The van der Waals surface area contributed by atoms with Crippen LogP contribution in [0.3, 0.4) is 0 Å². The molecule has 3 heterocycles. The number of pyridine rings is 1. The topological polar surface area (TPSA) is 134 Å². The van der Waals surface area contributed by atoms with E-state index in [1.807, 2.05) is 54.0 Å². The van der Waals surface area contributed by atoms with Gasteiger partial charge in [-0.25, -0.2) is 9.59 Å². The summed E-state index contributed by atoms with van der Waals surface area (Å²) >= 11 is 0. The Morgan fingerprint density at radius 2 is 1.24 bits per heavy atom. The minimum absolute atomic E-state index is 0.203. The Balaban J connectivity index is 0.000000230. The molecular formula is C38H47N3O8. The average molecular weight is 674 g/mol. The van der Waals surface area contributed by atoms with Gasteiger partial charge in [-0.15, -0.1) is 0 Å². The molecule has 3 aromatic heterocycles. The lowest BCUT2D eigenvalue weighted by Crippen LogP contribution is -2.12. The van der Waals surface area contributed by atoms with Crippen LogP contribution >= 0.6 is 0 Å². The lowest BCUT2D eigenvalue weighted by molar-refractivity contribution is 0.0676. The van der Waals surface area contributed by atoms with Gasteiger partial charge in [-0.05, 0) is 78.4 Å². The lowest BCUT2D eigenvalue weighted by Gasteiger charge is -2.16. The first-order valence-electron chi connectivity index (χ1n) is 16.3. The number of nitrogens with zero attached hydrogens (tertiary/aromatic N) is 3. The lowest BCUT2D eigenvalue weighted by atomic mass is 10.00. The molecular weight excluding hydrogens is 626 g/mol. The van der Waals surface area contributed by atoms with Gasteiger partial charge in [0.2, 0.25) is 0 Å². The molecule has 49 heavy (non-hydrogen) atoms. The summed E-state index contributed by atoms with van der Waals surface area (Å²) in [5.41, 5.74) is 6.24. The first kappa shape index (κ1) is 37.0. The smallest absolute Gasteiger partial charge is 0.352 e. The third kappa shape index (κ3) is 8.79. The monoisotopic (exact) mass is 673 g/mol. The molecule has 0 spiro atoms. The fraction of sp³-hybridized carbons (Fsp3) is 0.395. The van der Waals surface area contributed by atoms with E-state index in [4.69, 9.17) is 18.9 Å². The number of aromatic nitrogens is 3. The van der Waals surface area contributed by atoms with Crippen LogP contribution in [-0.2, 0) is 23.1 Å². The third-order valence-electron chi connectivity index (χ3n) is 8.19. The van der Waals surface area contributed by atoms with Gasteiger partial charge in [0.05, 0.1) is 36.5 Å². The minimum atomic E-state index is -0.958. The second-order valence-corrected chi connectivity index (χ2v) is 12.5. The van der Waals surface area contributed by atoms with Crippen molar-refractivity contribution >= 4 is 33.7 Å². The van der Waals surface area contributed by atoms with Crippen LogP contribution in [-0.4, -0.2) is 76.9 Å². The Morgan fingerprint density at radius 1 is 0.735 bits per heavy atom. The van der Waals surface area contributed by atoms with Gasteiger partial charge in [0.15, 0.2) is 0 Å². The molecule has 0 aliphatic heterocycles. The summed E-state index contributed by atoms with van der Waals surface area (Å²) in [6.45, 7) is 12.6. The highest BCUT2D eigenvalue weighted by molar-refractivity contribution is 5.97. The fourth-order valence-electron chi connectivity index (χ4n) is 5.86. The van der Waals surface area contributed by atoms with Gasteiger partial charge in [0, 0.05) is 37.7 Å². The minimum Gasteiger partial charge on any atom is -0.491 e. The second-order valence-electron chi connectivity index (χ2n) is 12.5. The molecule has 11 nitrogen and oxygen atoms in total. The highest BCUT2D eigenvalue weighted by Crippen LogP contribution is 2.34. The van der Waals surface area contributed by atoms with Crippen LogP contribution < -0.4 is 9.47 Å². The van der Waals surface area contributed by atoms with E-state index in [2.05, 4.69) is 32.7 Å². The van der Waals surface area contributed by atoms with Gasteiger partial charge in [0.25, 0.3) is 0 Å². The number of aryl methyl sites for hydroxylation is 2. The Hall–Kier alpha value is -4.87. The quantitative estimate of drug-likeness (QED) is 0.117. The molecule has 0 bridgehead atoms. The van der Waals surface area contributed by atoms with Gasteiger partial charge in [-0.3, -0.25) is 4.98 Å². The molecule has 0 atom stereocenters. The van der Waals surface area contributed by atoms with E-state index in [9.17, 15) is 19.8 Å². The Kier molecular flexibility index (Phi) is 12.4. The largest absolute Gasteiger partial charge is 0.491 e. The van der Waals surface area contributed by atoms with E-state index in [0.717, 1.165) is 55.8 Å². The summed E-state index contributed by atoms with van der Waals surface area (Å²) in [6.07, 6.45) is 0. The number of hydrogen-bond acceptors (Lipinski definition) is 7. The first-order chi connectivity index (χ1) is 23.4. The van der Waals surface area contributed by atoms with Crippen molar-refractivity contribution in [3.63, 3.8) is 0 Å². The maximum absolute atomic E-state index is 11.9. The molecule has 0 aliphatic carbocycles. The standard InChI is InChI=1S/C22H26N2O4.C16H21NO4/c1-14(2)19-12-18(28-9-8-27-4)10-16-11-20(22(25)26)24(21(16)19)13-17-7-5-6-15(3)23-17;1-10(2)13-9-12(21-6-5-20-4)7-11-8-14(16(18)19)17(3)15(11)13/h5-7,10-12,14H,8-9,13H2,1-4H3,(H,25,26);7-10H,5-6H2,1-4H3,(H,18,19). The fourth-order valence-corrected chi connectivity index (χ4v) is 5.86. The number of carbonyl (C=O) groups is 2. The predicted molar refractivity (Wildman–Crippen MR) is 190 cm³/mol. The van der Waals surface area contributed by atoms with Gasteiger partial charge in [-0.1, -0.05) is 33.8 Å². The number of hydrogen-bond donors (Lipinski definition) is 2. The number of ether oxygens (including phenoxy) is 4. The van der Waals surface area contributed by atoms with Crippen molar-refractivity contribution < 1.29 is 38.7 Å². The van der Waals surface area contributed by atoms with E-state index in [-0.39, 0.29) is 23.2 Å². The molecule has 0 radical (unpaired) electrons. The summed E-state index contributed by atoms with van der Waals surface area (Å²) in [5.74, 6) is 0.0513. The average Bonchev–Trinajstić information content (AvgIpc) is 3.58. The summed E-state index contributed by atoms with van der Waals surface area (Å²) in [6, 6.07) is 16.9. The molecule has 2 N–H and O–H groups in total. The van der Waals surface area contributed by atoms with E-state index < -0.39 is 11.9 Å². The number of rotatable bonds is 14. The molecule has 5 aromatic rings. The Morgan fingerprint density at radius 3 is 1.73 bits per heavy atom. The van der Waals surface area contributed by atoms with Crippen molar-refractivity contribution in [2.75, 3.05) is 40.6 Å². The maximum Gasteiger partial charge on any atom is 0.352 e. The molecule has 0 saturated carbocycles. The highest BCUT2D eigenvalue weighted by Gasteiger charge is 2.21.